The fourth-order valence-corrected chi connectivity index (χ4v) is 4.27. The number of hydrogen-bond acceptors (Lipinski definition) is 5. The number of fused-ring (bicyclic) bond motifs is 1. The predicted octanol–water partition coefficient (Wildman–Crippen LogP) is 5.81. The first kappa shape index (κ1) is 28.3. The molecule has 2 N–H and O–H groups in total. The van der Waals surface area contributed by atoms with Crippen molar-refractivity contribution in [1.82, 2.24) is 4.90 Å². The highest BCUT2D eigenvalue weighted by Gasteiger charge is 2.23. The second-order valence-electron chi connectivity index (χ2n) is 10.9. The Morgan fingerprint density at radius 1 is 1.11 bits per heavy atom. The van der Waals surface area contributed by atoms with E-state index in [2.05, 4.69) is 19.1 Å². The van der Waals surface area contributed by atoms with Gasteiger partial charge in [0.05, 0.1) is 6.10 Å². The summed E-state index contributed by atoms with van der Waals surface area (Å²) in [6.07, 6.45) is 2.10. The molecule has 7 nitrogen and oxygen atoms in total. The maximum absolute atomic E-state index is 12.5. The van der Waals surface area contributed by atoms with Crippen LogP contribution in [0, 0.1) is 12.3 Å². The van der Waals surface area contributed by atoms with Gasteiger partial charge in [-0.15, -0.1) is 0 Å². The van der Waals surface area contributed by atoms with Gasteiger partial charge in [-0.1, -0.05) is 45.9 Å². The summed E-state index contributed by atoms with van der Waals surface area (Å²) in [4.78, 5) is 24.6. The number of carbonyl (C=O) groups is 2. The Balaban J connectivity index is 1.66. The standard InChI is InChI=1S/C30H39NO6/c1-7-20(21-11-13-25(19(2)14-21)36-18-27(32)30(3,4)5)10-12-24-15-22-8-9-23(16-26(22)37-24)29(35)31(6)17-28(33)34/h8-9,11,13-16,20,27,32H,7,10,12,17-18H2,1-6H3,(H,33,34). The Labute approximate surface area is 219 Å². The van der Waals surface area contributed by atoms with E-state index in [9.17, 15) is 14.7 Å². The summed E-state index contributed by atoms with van der Waals surface area (Å²) in [6, 6.07) is 13.5. The van der Waals surface area contributed by atoms with E-state index in [1.165, 1.54) is 17.5 Å². The second kappa shape index (κ2) is 11.8. The molecule has 0 fully saturated rings. The number of furan rings is 1. The number of likely N-dealkylation sites (N-methyl/N-ethyl adjacent to an activating group) is 1. The van der Waals surface area contributed by atoms with Gasteiger partial charge in [0.25, 0.3) is 5.91 Å². The first-order chi connectivity index (χ1) is 17.4. The van der Waals surface area contributed by atoms with Crippen LogP contribution in [0.1, 0.15) is 73.7 Å². The molecule has 0 bridgehead atoms. The van der Waals surface area contributed by atoms with E-state index in [-0.39, 0.29) is 24.5 Å². The average molecular weight is 510 g/mol. The van der Waals surface area contributed by atoms with E-state index >= 15 is 0 Å². The van der Waals surface area contributed by atoms with Gasteiger partial charge >= 0.3 is 5.97 Å². The van der Waals surface area contributed by atoms with Gasteiger partial charge in [-0.25, -0.2) is 0 Å². The molecular weight excluding hydrogens is 470 g/mol. The number of carboxylic acid groups (broad SMARTS) is 1. The molecule has 1 amide bonds. The third-order valence-electron chi connectivity index (χ3n) is 6.84. The molecule has 7 heteroatoms. The molecular formula is C30H39NO6. The number of carboxylic acids is 1. The van der Waals surface area contributed by atoms with Crippen molar-refractivity contribution in [2.24, 2.45) is 5.41 Å². The lowest BCUT2D eigenvalue weighted by Gasteiger charge is -2.26. The van der Waals surface area contributed by atoms with Crippen LogP contribution in [0.25, 0.3) is 11.0 Å². The maximum atomic E-state index is 12.5. The van der Waals surface area contributed by atoms with Crippen LogP contribution in [0.2, 0.25) is 0 Å². The van der Waals surface area contributed by atoms with Crippen molar-refractivity contribution in [2.45, 2.75) is 65.9 Å². The van der Waals surface area contributed by atoms with Crippen LogP contribution in [0.4, 0.5) is 0 Å². The van der Waals surface area contributed by atoms with E-state index < -0.39 is 12.1 Å². The Morgan fingerprint density at radius 3 is 2.46 bits per heavy atom. The summed E-state index contributed by atoms with van der Waals surface area (Å²) < 4.78 is 11.9. The van der Waals surface area contributed by atoms with Gasteiger partial charge in [-0.2, -0.15) is 0 Å². The lowest BCUT2D eigenvalue weighted by atomic mass is 9.89. The molecule has 37 heavy (non-hydrogen) atoms. The highest BCUT2D eigenvalue weighted by Crippen LogP contribution is 2.31. The number of amides is 1. The van der Waals surface area contributed by atoms with Gasteiger partial charge in [0.2, 0.25) is 0 Å². The van der Waals surface area contributed by atoms with Gasteiger partial charge < -0.3 is 24.3 Å². The highest BCUT2D eigenvalue weighted by molar-refractivity contribution is 5.98. The summed E-state index contributed by atoms with van der Waals surface area (Å²) >= 11 is 0. The van der Waals surface area contributed by atoms with Crippen molar-refractivity contribution in [3.63, 3.8) is 0 Å². The topological polar surface area (TPSA) is 100 Å². The van der Waals surface area contributed by atoms with Crippen LogP contribution < -0.4 is 4.74 Å². The van der Waals surface area contributed by atoms with Crippen molar-refractivity contribution in [1.29, 1.82) is 0 Å². The Morgan fingerprint density at radius 2 is 1.84 bits per heavy atom. The summed E-state index contributed by atoms with van der Waals surface area (Å²) in [5.41, 5.74) is 3.08. The number of hydrogen-bond donors (Lipinski definition) is 2. The predicted molar refractivity (Wildman–Crippen MR) is 144 cm³/mol. The number of aliphatic hydroxyl groups is 1. The summed E-state index contributed by atoms with van der Waals surface area (Å²) in [5, 5.41) is 20.1. The molecule has 2 aromatic carbocycles. The number of carbonyl (C=O) groups excluding carboxylic acids is 1. The zero-order valence-corrected chi connectivity index (χ0v) is 22.7. The molecule has 0 spiro atoms. The van der Waals surface area contributed by atoms with Gasteiger partial charge in [-0.3, -0.25) is 9.59 Å². The van der Waals surface area contributed by atoms with E-state index in [1.54, 1.807) is 12.1 Å². The third-order valence-corrected chi connectivity index (χ3v) is 6.84. The molecule has 3 rings (SSSR count). The van der Waals surface area contributed by atoms with Crippen molar-refractivity contribution >= 4 is 22.8 Å². The van der Waals surface area contributed by atoms with Crippen LogP contribution in [0.5, 0.6) is 5.75 Å². The number of benzene rings is 2. The van der Waals surface area contributed by atoms with E-state index in [1.807, 2.05) is 45.9 Å². The first-order valence-electron chi connectivity index (χ1n) is 12.8. The van der Waals surface area contributed by atoms with Gasteiger partial charge in [0.1, 0.15) is 30.2 Å². The largest absolute Gasteiger partial charge is 0.491 e. The third kappa shape index (κ3) is 7.35. The molecule has 0 saturated heterocycles. The lowest BCUT2D eigenvalue weighted by Crippen LogP contribution is -2.32. The van der Waals surface area contributed by atoms with Crippen molar-refractivity contribution in [3.05, 3.63) is 64.9 Å². The van der Waals surface area contributed by atoms with Crippen LogP contribution in [0.3, 0.4) is 0 Å². The van der Waals surface area contributed by atoms with Crippen LogP contribution in [-0.2, 0) is 11.2 Å². The van der Waals surface area contributed by atoms with Crippen molar-refractivity contribution in [2.75, 3.05) is 20.2 Å². The van der Waals surface area contributed by atoms with Gasteiger partial charge in [0, 0.05) is 24.4 Å². The number of aliphatic hydroxyl groups excluding tert-OH is 1. The highest BCUT2D eigenvalue weighted by atomic mass is 16.5. The number of rotatable bonds is 11. The van der Waals surface area contributed by atoms with Crippen LogP contribution >= 0.6 is 0 Å². The monoisotopic (exact) mass is 509 g/mol. The molecule has 200 valence electrons. The quantitative estimate of drug-likeness (QED) is 0.338. The molecule has 0 radical (unpaired) electrons. The summed E-state index contributed by atoms with van der Waals surface area (Å²) in [7, 11) is 1.47. The summed E-state index contributed by atoms with van der Waals surface area (Å²) in [6.45, 7) is 10.1. The molecule has 2 atom stereocenters. The smallest absolute Gasteiger partial charge is 0.323 e. The minimum Gasteiger partial charge on any atom is -0.491 e. The lowest BCUT2D eigenvalue weighted by molar-refractivity contribution is -0.137. The fourth-order valence-electron chi connectivity index (χ4n) is 4.27. The van der Waals surface area contributed by atoms with Gasteiger partial charge in [0.15, 0.2) is 0 Å². The van der Waals surface area contributed by atoms with E-state index in [4.69, 9.17) is 14.3 Å². The van der Waals surface area contributed by atoms with E-state index in [0.717, 1.165) is 41.7 Å². The number of ether oxygens (including phenoxy) is 1. The number of aliphatic carboxylic acids is 1. The molecule has 3 aromatic rings. The molecule has 2 unspecified atom stereocenters. The first-order valence-corrected chi connectivity index (χ1v) is 12.8. The molecule has 0 aliphatic heterocycles. The zero-order valence-electron chi connectivity index (χ0n) is 22.7. The molecule has 1 heterocycles. The zero-order chi connectivity index (χ0) is 27.3. The maximum Gasteiger partial charge on any atom is 0.323 e. The van der Waals surface area contributed by atoms with Crippen LogP contribution in [-0.4, -0.2) is 53.3 Å². The molecule has 0 saturated carbocycles. The Bertz CT molecular complexity index is 1240. The average Bonchev–Trinajstić information content (AvgIpc) is 3.24. The van der Waals surface area contributed by atoms with Gasteiger partial charge in [-0.05, 0) is 66.5 Å². The fraction of sp³-hybridized carbons (Fsp3) is 0.467. The second-order valence-corrected chi connectivity index (χ2v) is 10.9. The SMILES string of the molecule is CCC(CCc1cc2ccc(C(=O)N(C)CC(=O)O)cc2o1)c1ccc(OCC(O)C(C)(C)C)c(C)c1. The normalized spacial score (nSPS) is 13.4. The Hall–Kier alpha value is -3.32. The minimum absolute atomic E-state index is 0.231. The van der Waals surface area contributed by atoms with Crippen molar-refractivity contribution < 1.29 is 29.0 Å². The number of nitrogens with zero attached hydrogens (tertiary/aromatic N) is 1. The number of aryl methyl sites for hydroxylation is 2. The molecule has 0 aliphatic carbocycles. The molecule has 1 aromatic heterocycles. The minimum atomic E-state index is -1.06. The Kier molecular flexibility index (Phi) is 9.02. The molecule has 0 aliphatic rings. The van der Waals surface area contributed by atoms with E-state index in [0.29, 0.717) is 17.1 Å². The summed E-state index contributed by atoms with van der Waals surface area (Å²) in [5.74, 6) is 0.578. The van der Waals surface area contributed by atoms with Crippen LogP contribution in [0.15, 0.2) is 46.9 Å². The van der Waals surface area contributed by atoms with Crippen molar-refractivity contribution in [3.8, 4) is 5.75 Å².